The van der Waals surface area contributed by atoms with E-state index >= 15 is 0 Å². The molecule has 5 heteroatoms. The van der Waals surface area contributed by atoms with Crippen LogP contribution in [0.5, 0.6) is 5.75 Å². The number of ether oxygens (including phenoxy) is 1. The molecule has 0 aliphatic heterocycles. The van der Waals surface area contributed by atoms with Crippen molar-refractivity contribution in [1.29, 1.82) is 0 Å². The topological polar surface area (TPSA) is 69.4 Å². The third kappa shape index (κ3) is 4.76. The van der Waals surface area contributed by atoms with Crippen molar-refractivity contribution in [1.82, 2.24) is 0 Å². The Kier molecular flexibility index (Phi) is 5.27. The van der Waals surface area contributed by atoms with Crippen molar-refractivity contribution < 1.29 is 13.2 Å². The van der Waals surface area contributed by atoms with Crippen LogP contribution in [-0.4, -0.2) is 32.6 Å². The zero-order valence-corrected chi connectivity index (χ0v) is 13.0. The molecule has 1 saturated carbocycles. The standard InChI is InChI=1S/C16H21NO3S/c1-21(18,19)16-6-2-5-15(12-16)20-14-9-7-13(8-10-14)4-3-11-17/h7-10,15-16H,2,5-6,11-12,17H2,1H3. The van der Waals surface area contributed by atoms with Crippen LogP contribution in [0.4, 0.5) is 0 Å². The van der Waals surface area contributed by atoms with E-state index in [1.54, 1.807) is 0 Å². The Morgan fingerprint density at radius 2 is 2.00 bits per heavy atom. The largest absolute Gasteiger partial charge is 0.490 e. The molecule has 114 valence electrons. The molecule has 1 aliphatic rings. The molecule has 1 aliphatic carbocycles. The minimum Gasteiger partial charge on any atom is -0.490 e. The predicted octanol–water partition coefficient (Wildman–Crippen LogP) is 1.73. The van der Waals surface area contributed by atoms with Gasteiger partial charge in [0.05, 0.1) is 17.9 Å². The van der Waals surface area contributed by atoms with Crippen LogP contribution >= 0.6 is 0 Å². The van der Waals surface area contributed by atoms with Gasteiger partial charge in [-0.1, -0.05) is 11.8 Å². The summed E-state index contributed by atoms with van der Waals surface area (Å²) in [7, 11) is -2.98. The summed E-state index contributed by atoms with van der Waals surface area (Å²) >= 11 is 0. The molecule has 2 rings (SSSR count). The van der Waals surface area contributed by atoms with E-state index in [1.165, 1.54) is 6.26 Å². The monoisotopic (exact) mass is 307 g/mol. The molecular formula is C16H21NO3S. The third-order valence-electron chi connectivity index (χ3n) is 3.68. The Bertz CT molecular complexity index is 626. The lowest BCUT2D eigenvalue weighted by Crippen LogP contribution is -2.33. The molecule has 2 atom stereocenters. The second kappa shape index (κ2) is 6.97. The summed E-state index contributed by atoms with van der Waals surface area (Å²) in [5, 5.41) is -0.272. The molecule has 1 fully saturated rings. The van der Waals surface area contributed by atoms with E-state index < -0.39 is 9.84 Å². The van der Waals surface area contributed by atoms with Gasteiger partial charge in [-0.25, -0.2) is 8.42 Å². The second-order valence-corrected chi connectivity index (χ2v) is 7.71. The van der Waals surface area contributed by atoms with Gasteiger partial charge < -0.3 is 10.5 Å². The lowest BCUT2D eigenvalue weighted by molar-refractivity contribution is 0.156. The number of benzene rings is 1. The molecular weight excluding hydrogens is 286 g/mol. The molecule has 0 amide bonds. The van der Waals surface area contributed by atoms with Crippen LogP contribution in [0.1, 0.15) is 31.2 Å². The summed E-state index contributed by atoms with van der Waals surface area (Å²) in [6.07, 6.45) is 4.40. The van der Waals surface area contributed by atoms with Gasteiger partial charge in [-0.2, -0.15) is 0 Å². The van der Waals surface area contributed by atoms with Crippen LogP contribution in [0.3, 0.4) is 0 Å². The molecule has 0 radical (unpaired) electrons. The van der Waals surface area contributed by atoms with Crippen molar-refractivity contribution in [3.05, 3.63) is 29.8 Å². The Morgan fingerprint density at radius 3 is 2.62 bits per heavy atom. The van der Waals surface area contributed by atoms with E-state index in [2.05, 4.69) is 11.8 Å². The van der Waals surface area contributed by atoms with Crippen LogP contribution in [0, 0.1) is 11.8 Å². The molecule has 1 aromatic carbocycles. The van der Waals surface area contributed by atoms with Crippen molar-refractivity contribution >= 4 is 9.84 Å². The van der Waals surface area contributed by atoms with Gasteiger partial charge in [0.1, 0.15) is 15.6 Å². The predicted molar refractivity (Wildman–Crippen MR) is 83.9 cm³/mol. The summed E-state index contributed by atoms with van der Waals surface area (Å²) in [6.45, 7) is 0.340. The average Bonchev–Trinajstić information content (AvgIpc) is 2.46. The highest BCUT2D eigenvalue weighted by atomic mass is 32.2. The van der Waals surface area contributed by atoms with Gasteiger partial charge in [0.2, 0.25) is 0 Å². The first kappa shape index (κ1) is 15.9. The highest BCUT2D eigenvalue weighted by Crippen LogP contribution is 2.27. The van der Waals surface area contributed by atoms with Crippen LogP contribution in [0.2, 0.25) is 0 Å². The van der Waals surface area contributed by atoms with Crippen molar-refractivity contribution in [3.63, 3.8) is 0 Å². The fourth-order valence-corrected chi connectivity index (χ4v) is 3.72. The summed E-state index contributed by atoms with van der Waals surface area (Å²) in [4.78, 5) is 0. The smallest absolute Gasteiger partial charge is 0.150 e. The van der Waals surface area contributed by atoms with E-state index in [0.29, 0.717) is 13.0 Å². The van der Waals surface area contributed by atoms with E-state index in [0.717, 1.165) is 30.6 Å². The maximum atomic E-state index is 11.6. The van der Waals surface area contributed by atoms with Crippen LogP contribution in [-0.2, 0) is 9.84 Å². The normalized spacial score (nSPS) is 22.2. The molecule has 2 N–H and O–H groups in total. The van der Waals surface area contributed by atoms with Gasteiger partial charge in [-0.3, -0.25) is 0 Å². The molecule has 0 heterocycles. The molecule has 21 heavy (non-hydrogen) atoms. The Balaban J connectivity index is 1.98. The first-order chi connectivity index (χ1) is 9.99. The summed E-state index contributed by atoms with van der Waals surface area (Å²) in [5.74, 6) is 6.51. The Labute approximate surface area is 126 Å². The quantitative estimate of drug-likeness (QED) is 0.864. The SMILES string of the molecule is CS(=O)(=O)C1CCCC(Oc2ccc(C#CCN)cc2)C1. The van der Waals surface area contributed by atoms with Gasteiger partial charge in [-0.05, 0) is 43.5 Å². The Hall–Kier alpha value is -1.51. The second-order valence-electron chi connectivity index (χ2n) is 5.39. The highest BCUT2D eigenvalue weighted by Gasteiger charge is 2.29. The van der Waals surface area contributed by atoms with E-state index in [4.69, 9.17) is 10.5 Å². The lowest BCUT2D eigenvalue weighted by Gasteiger charge is -2.28. The van der Waals surface area contributed by atoms with Gasteiger partial charge in [0.25, 0.3) is 0 Å². The molecule has 1 aromatic rings. The van der Waals surface area contributed by atoms with E-state index in [1.807, 2.05) is 24.3 Å². The fraction of sp³-hybridized carbons (Fsp3) is 0.500. The van der Waals surface area contributed by atoms with Gasteiger partial charge in [0.15, 0.2) is 0 Å². The highest BCUT2D eigenvalue weighted by molar-refractivity contribution is 7.91. The van der Waals surface area contributed by atoms with Crippen molar-refractivity contribution in [2.75, 3.05) is 12.8 Å². The van der Waals surface area contributed by atoms with Crippen molar-refractivity contribution in [3.8, 4) is 17.6 Å². The van der Waals surface area contributed by atoms with Crippen LogP contribution in [0.15, 0.2) is 24.3 Å². The molecule has 0 bridgehead atoms. The lowest BCUT2D eigenvalue weighted by atomic mass is 9.97. The van der Waals surface area contributed by atoms with Gasteiger partial charge in [-0.15, -0.1) is 0 Å². The third-order valence-corrected chi connectivity index (χ3v) is 5.31. The van der Waals surface area contributed by atoms with Gasteiger partial charge >= 0.3 is 0 Å². The first-order valence-electron chi connectivity index (χ1n) is 7.13. The number of nitrogens with two attached hydrogens (primary N) is 1. The molecule has 0 spiro atoms. The van der Waals surface area contributed by atoms with Crippen molar-refractivity contribution in [2.45, 2.75) is 37.0 Å². The van der Waals surface area contributed by atoms with E-state index in [9.17, 15) is 8.42 Å². The van der Waals surface area contributed by atoms with Crippen LogP contribution in [0.25, 0.3) is 0 Å². The minimum atomic E-state index is -2.98. The fourth-order valence-electron chi connectivity index (χ4n) is 2.56. The molecule has 2 unspecified atom stereocenters. The Morgan fingerprint density at radius 1 is 1.29 bits per heavy atom. The number of sulfone groups is 1. The molecule has 0 saturated heterocycles. The van der Waals surface area contributed by atoms with E-state index in [-0.39, 0.29) is 11.4 Å². The maximum absolute atomic E-state index is 11.6. The zero-order valence-electron chi connectivity index (χ0n) is 12.2. The summed E-state index contributed by atoms with van der Waals surface area (Å²) in [6, 6.07) is 7.50. The number of hydrogen-bond acceptors (Lipinski definition) is 4. The molecule has 4 nitrogen and oxygen atoms in total. The summed E-state index contributed by atoms with van der Waals surface area (Å²) < 4.78 is 29.2. The average molecular weight is 307 g/mol. The number of hydrogen-bond donors (Lipinski definition) is 1. The van der Waals surface area contributed by atoms with Gasteiger partial charge in [0, 0.05) is 18.2 Å². The molecule has 0 aromatic heterocycles. The van der Waals surface area contributed by atoms with Crippen LogP contribution < -0.4 is 10.5 Å². The maximum Gasteiger partial charge on any atom is 0.150 e. The number of rotatable bonds is 3. The minimum absolute atomic E-state index is 0.0283. The van der Waals surface area contributed by atoms with Crippen molar-refractivity contribution in [2.24, 2.45) is 5.73 Å². The first-order valence-corrected chi connectivity index (χ1v) is 9.09. The summed E-state index contributed by atoms with van der Waals surface area (Å²) in [5.41, 5.74) is 6.22. The zero-order chi connectivity index (χ0) is 15.3.